The molecule has 0 saturated carbocycles. The van der Waals surface area contributed by atoms with E-state index in [-0.39, 0.29) is 11.8 Å². The first kappa shape index (κ1) is 11.7. The zero-order chi connectivity index (χ0) is 11.3. The second-order valence-corrected chi connectivity index (χ2v) is 4.02. The standard InChI is InChI=1S/C10H10BrN3O/c1-7(4-12)5-14-10(15)9-3-2-8(11)6-13-9/h2-3,6-7H,5H2,1H3,(H,14,15). The van der Waals surface area contributed by atoms with E-state index >= 15 is 0 Å². The molecule has 1 amide bonds. The first-order valence-corrected chi connectivity index (χ1v) is 5.22. The molecule has 1 aromatic rings. The van der Waals surface area contributed by atoms with Crippen LogP contribution in [0.3, 0.4) is 0 Å². The summed E-state index contributed by atoms with van der Waals surface area (Å²) in [4.78, 5) is 15.4. The largest absolute Gasteiger partial charge is 0.349 e. The minimum absolute atomic E-state index is 0.190. The van der Waals surface area contributed by atoms with Crippen LogP contribution in [0, 0.1) is 17.2 Å². The van der Waals surface area contributed by atoms with E-state index in [2.05, 4.69) is 26.2 Å². The Bertz CT molecular complexity index is 383. The van der Waals surface area contributed by atoms with Crippen LogP contribution in [0.4, 0.5) is 0 Å². The number of aromatic nitrogens is 1. The normalized spacial score (nSPS) is 11.5. The van der Waals surface area contributed by atoms with Gasteiger partial charge in [0, 0.05) is 17.2 Å². The molecule has 0 bridgehead atoms. The average Bonchev–Trinajstić information content (AvgIpc) is 2.26. The Morgan fingerprint density at radius 3 is 3.00 bits per heavy atom. The number of carbonyl (C=O) groups is 1. The molecule has 0 saturated heterocycles. The summed E-state index contributed by atoms with van der Waals surface area (Å²) in [6.07, 6.45) is 1.56. The van der Waals surface area contributed by atoms with Crippen LogP contribution in [-0.4, -0.2) is 17.4 Å². The summed E-state index contributed by atoms with van der Waals surface area (Å²) in [5, 5.41) is 11.2. The molecule has 0 radical (unpaired) electrons. The molecule has 1 heterocycles. The summed E-state index contributed by atoms with van der Waals surface area (Å²) in [7, 11) is 0. The van der Waals surface area contributed by atoms with Crippen molar-refractivity contribution in [2.75, 3.05) is 6.54 Å². The van der Waals surface area contributed by atoms with E-state index in [0.717, 1.165) is 4.47 Å². The van der Waals surface area contributed by atoms with Crippen LogP contribution < -0.4 is 5.32 Å². The Morgan fingerprint density at radius 2 is 2.47 bits per heavy atom. The zero-order valence-corrected chi connectivity index (χ0v) is 9.78. The second kappa shape index (κ2) is 5.47. The van der Waals surface area contributed by atoms with Gasteiger partial charge in [0.1, 0.15) is 5.69 Å². The van der Waals surface area contributed by atoms with Crippen LogP contribution in [0.25, 0.3) is 0 Å². The summed E-state index contributed by atoms with van der Waals surface area (Å²) in [6, 6.07) is 5.41. The van der Waals surface area contributed by atoms with E-state index in [1.165, 1.54) is 0 Å². The highest BCUT2D eigenvalue weighted by Gasteiger charge is 2.07. The summed E-state index contributed by atoms with van der Waals surface area (Å²) in [5.74, 6) is -0.450. The van der Waals surface area contributed by atoms with E-state index in [1.807, 2.05) is 6.07 Å². The molecule has 5 heteroatoms. The summed E-state index contributed by atoms with van der Waals surface area (Å²) in [6.45, 7) is 2.09. The van der Waals surface area contributed by atoms with Gasteiger partial charge in [-0.25, -0.2) is 4.98 Å². The molecule has 1 N–H and O–H groups in total. The molecule has 4 nitrogen and oxygen atoms in total. The number of amides is 1. The Kier molecular flexibility index (Phi) is 4.25. The molecular formula is C10H10BrN3O. The third kappa shape index (κ3) is 3.68. The van der Waals surface area contributed by atoms with Gasteiger partial charge in [-0.05, 0) is 35.0 Å². The van der Waals surface area contributed by atoms with Gasteiger partial charge < -0.3 is 5.32 Å². The fourth-order valence-electron chi connectivity index (χ4n) is 0.892. The summed E-state index contributed by atoms with van der Waals surface area (Å²) < 4.78 is 0.824. The van der Waals surface area contributed by atoms with Gasteiger partial charge in [-0.15, -0.1) is 0 Å². The lowest BCUT2D eigenvalue weighted by molar-refractivity contribution is 0.0946. The minimum atomic E-state index is -0.260. The Morgan fingerprint density at radius 1 is 1.73 bits per heavy atom. The van der Waals surface area contributed by atoms with Crippen LogP contribution in [0.1, 0.15) is 17.4 Å². The number of nitriles is 1. The van der Waals surface area contributed by atoms with Gasteiger partial charge in [-0.1, -0.05) is 0 Å². The van der Waals surface area contributed by atoms with Gasteiger partial charge >= 0.3 is 0 Å². The fraction of sp³-hybridized carbons (Fsp3) is 0.300. The smallest absolute Gasteiger partial charge is 0.269 e. The molecule has 1 aromatic heterocycles. The number of hydrogen-bond acceptors (Lipinski definition) is 3. The maximum Gasteiger partial charge on any atom is 0.269 e. The highest BCUT2D eigenvalue weighted by Crippen LogP contribution is 2.07. The second-order valence-electron chi connectivity index (χ2n) is 3.10. The van der Waals surface area contributed by atoms with E-state index in [0.29, 0.717) is 12.2 Å². The van der Waals surface area contributed by atoms with Crippen LogP contribution in [0.2, 0.25) is 0 Å². The van der Waals surface area contributed by atoms with Crippen molar-refractivity contribution >= 4 is 21.8 Å². The zero-order valence-electron chi connectivity index (χ0n) is 8.20. The third-order valence-corrected chi connectivity index (χ3v) is 2.22. The van der Waals surface area contributed by atoms with Crippen LogP contribution >= 0.6 is 15.9 Å². The first-order valence-electron chi connectivity index (χ1n) is 4.43. The molecule has 1 atom stereocenters. The summed E-state index contributed by atoms with van der Waals surface area (Å²) >= 11 is 3.23. The first-order chi connectivity index (χ1) is 7.13. The molecule has 0 aliphatic heterocycles. The Labute approximate surface area is 96.4 Å². The van der Waals surface area contributed by atoms with Crippen molar-refractivity contribution in [3.8, 4) is 6.07 Å². The van der Waals surface area contributed by atoms with Gasteiger partial charge in [0.25, 0.3) is 5.91 Å². The minimum Gasteiger partial charge on any atom is -0.349 e. The average molecular weight is 268 g/mol. The van der Waals surface area contributed by atoms with Crippen molar-refractivity contribution in [3.63, 3.8) is 0 Å². The maximum absolute atomic E-state index is 11.5. The number of rotatable bonds is 3. The Hall–Kier alpha value is -1.41. The molecule has 0 aliphatic carbocycles. The van der Waals surface area contributed by atoms with Gasteiger partial charge in [0.2, 0.25) is 0 Å². The van der Waals surface area contributed by atoms with Gasteiger partial charge in [0.15, 0.2) is 0 Å². The van der Waals surface area contributed by atoms with Crippen molar-refractivity contribution in [1.29, 1.82) is 5.26 Å². The van der Waals surface area contributed by atoms with Crippen molar-refractivity contribution < 1.29 is 4.79 Å². The van der Waals surface area contributed by atoms with Crippen LogP contribution in [0.15, 0.2) is 22.8 Å². The topological polar surface area (TPSA) is 65.8 Å². The molecule has 1 rings (SSSR count). The lowest BCUT2D eigenvalue weighted by Crippen LogP contribution is -2.28. The molecule has 0 aromatic carbocycles. The van der Waals surface area contributed by atoms with E-state index in [1.54, 1.807) is 25.3 Å². The quantitative estimate of drug-likeness (QED) is 0.907. The molecule has 0 spiro atoms. The van der Waals surface area contributed by atoms with E-state index in [4.69, 9.17) is 5.26 Å². The fourth-order valence-corrected chi connectivity index (χ4v) is 1.13. The number of hydrogen-bond donors (Lipinski definition) is 1. The number of nitrogens with one attached hydrogen (secondary N) is 1. The lowest BCUT2D eigenvalue weighted by atomic mass is 10.2. The van der Waals surface area contributed by atoms with Crippen LogP contribution in [-0.2, 0) is 0 Å². The highest BCUT2D eigenvalue weighted by molar-refractivity contribution is 9.10. The van der Waals surface area contributed by atoms with Gasteiger partial charge in [-0.2, -0.15) is 5.26 Å². The van der Waals surface area contributed by atoms with E-state index < -0.39 is 0 Å². The lowest BCUT2D eigenvalue weighted by Gasteiger charge is -2.05. The SMILES string of the molecule is CC(C#N)CNC(=O)c1ccc(Br)cn1. The van der Waals surface area contributed by atoms with Gasteiger partial charge in [-0.3, -0.25) is 4.79 Å². The third-order valence-electron chi connectivity index (χ3n) is 1.75. The predicted octanol–water partition coefficient (Wildman–Crippen LogP) is 1.73. The van der Waals surface area contributed by atoms with Crippen molar-refractivity contribution in [1.82, 2.24) is 10.3 Å². The van der Waals surface area contributed by atoms with Gasteiger partial charge in [0.05, 0.1) is 12.0 Å². The molecule has 0 aliphatic rings. The molecular weight excluding hydrogens is 258 g/mol. The predicted molar refractivity (Wildman–Crippen MR) is 59.0 cm³/mol. The molecule has 0 fully saturated rings. The monoisotopic (exact) mass is 267 g/mol. The number of pyridine rings is 1. The van der Waals surface area contributed by atoms with Crippen molar-refractivity contribution in [2.45, 2.75) is 6.92 Å². The Balaban J connectivity index is 2.55. The highest BCUT2D eigenvalue weighted by atomic mass is 79.9. The number of carbonyl (C=O) groups excluding carboxylic acids is 1. The molecule has 1 unspecified atom stereocenters. The van der Waals surface area contributed by atoms with E-state index in [9.17, 15) is 4.79 Å². The molecule has 15 heavy (non-hydrogen) atoms. The van der Waals surface area contributed by atoms with Crippen LogP contribution in [0.5, 0.6) is 0 Å². The maximum atomic E-state index is 11.5. The van der Waals surface area contributed by atoms with Crippen molar-refractivity contribution in [3.05, 3.63) is 28.5 Å². The number of nitrogens with zero attached hydrogens (tertiary/aromatic N) is 2. The molecule has 78 valence electrons. The van der Waals surface area contributed by atoms with Crippen molar-refractivity contribution in [2.24, 2.45) is 5.92 Å². The summed E-state index contributed by atoms with van der Waals surface area (Å²) in [5.41, 5.74) is 0.350. The number of halogens is 1.